The van der Waals surface area contributed by atoms with Gasteiger partial charge in [0.25, 0.3) is 0 Å². The first kappa shape index (κ1) is 16.2. The molecule has 126 valence electrons. The summed E-state index contributed by atoms with van der Waals surface area (Å²) < 4.78 is 12.8. The van der Waals surface area contributed by atoms with E-state index in [4.69, 9.17) is 0 Å². The molecule has 1 aromatic carbocycles. The molecular weight excluding hydrogens is 309 g/mol. The van der Waals surface area contributed by atoms with Gasteiger partial charge in [0.2, 0.25) is 5.95 Å². The van der Waals surface area contributed by atoms with Crippen molar-refractivity contribution in [3.63, 3.8) is 0 Å². The van der Waals surface area contributed by atoms with E-state index >= 15 is 0 Å². The summed E-state index contributed by atoms with van der Waals surface area (Å²) >= 11 is 0. The molecule has 1 aliphatic heterocycles. The van der Waals surface area contributed by atoms with Crippen molar-refractivity contribution in [3.8, 4) is 0 Å². The van der Waals surface area contributed by atoms with Gasteiger partial charge in [0.05, 0.1) is 12.2 Å². The number of urea groups is 1. The lowest BCUT2D eigenvalue weighted by Gasteiger charge is -2.26. The average molecular weight is 329 g/mol. The molecule has 0 saturated carbocycles. The van der Waals surface area contributed by atoms with Crippen molar-refractivity contribution in [1.82, 2.24) is 15.3 Å². The fourth-order valence-electron chi connectivity index (χ4n) is 2.61. The zero-order chi connectivity index (χ0) is 16.8. The summed E-state index contributed by atoms with van der Waals surface area (Å²) in [5, 5.41) is 5.39. The Balaban J connectivity index is 1.54. The first-order valence-corrected chi connectivity index (χ1v) is 8.08. The van der Waals surface area contributed by atoms with Crippen molar-refractivity contribution in [2.45, 2.75) is 25.8 Å². The lowest BCUT2D eigenvalue weighted by Crippen LogP contribution is -2.32. The number of benzene rings is 1. The Bertz CT molecular complexity index is 686. The number of aromatic nitrogens is 2. The van der Waals surface area contributed by atoms with Gasteiger partial charge in [0.1, 0.15) is 5.82 Å². The fraction of sp³-hybridized carbons (Fsp3) is 0.353. The van der Waals surface area contributed by atoms with Crippen LogP contribution in [0.1, 0.15) is 25.0 Å². The van der Waals surface area contributed by atoms with Gasteiger partial charge < -0.3 is 15.5 Å². The maximum Gasteiger partial charge on any atom is 0.319 e. The molecule has 2 heterocycles. The number of hydrogen-bond donors (Lipinski definition) is 2. The highest BCUT2D eigenvalue weighted by Gasteiger charge is 2.13. The lowest BCUT2D eigenvalue weighted by molar-refractivity contribution is 0.251. The summed E-state index contributed by atoms with van der Waals surface area (Å²) in [7, 11) is 0. The maximum absolute atomic E-state index is 12.8. The molecule has 1 aliphatic rings. The molecule has 7 heteroatoms. The molecule has 0 radical (unpaired) electrons. The molecule has 0 unspecified atom stereocenters. The third kappa shape index (κ3) is 4.41. The van der Waals surface area contributed by atoms with Crippen LogP contribution in [0.5, 0.6) is 0 Å². The van der Waals surface area contributed by atoms with Crippen LogP contribution in [-0.4, -0.2) is 29.1 Å². The quantitative estimate of drug-likeness (QED) is 0.905. The van der Waals surface area contributed by atoms with Gasteiger partial charge in [-0.15, -0.1) is 0 Å². The lowest BCUT2D eigenvalue weighted by atomic mass is 10.1. The highest BCUT2D eigenvalue weighted by Crippen LogP contribution is 2.15. The number of amides is 2. The van der Waals surface area contributed by atoms with Gasteiger partial charge in [-0.1, -0.05) is 0 Å². The van der Waals surface area contributed by atoms with E-state index in [0.717, 1.165) is 31.6 Å². The van der Waals surface area contributed by atoms with Crippen molar-refractivity contribution >= 4 is 17.7 Å². The van der Waals surface area contributed by atoms with Gasteiger partial charge in [0.15, 0.2) is 0 Å². The number of anilines is 2. The van der Waals surface area contributed by atoms with Crippen LogP contribution in [0.25, 0.3) is 0 Å². The van der Waals surface area contributed by atoms with E-state index in [0.29, 0.717) is 18.2 Å². The summed E-state index contributed by atoms with van der Waals surface area (Å²) in [5.74, 6) is 0.375. The Labute approximate surface area is 140 Å². The second-order valence-electron chi connectivity index (χ2n) is 5.71. The molecule has 1 saturated heterocycles. The van der Waals surface area contributed by atoms with Gasteiger partial charge in [0, 0.05) is 25.0 Å². The Hall–Kier alpha value is -2.70. The topological polar surface area (TPSA) is 70.2 Å². The third-order valence-corrected chi connectivity index (χ3v) is 3.87. The minimum atomic E-state index is -0.361. The molecule has 1 aromatic heterocycles. The molecule has 24 heavy (non-hydrogen) atoms. The Kier molecular flexibility index (Phi) is 5.20. The molecule has 2 amide bonds. The van der Waals surface area contributed by atoms with E-state index in [2.05, 4.69) is 25.5 Å². The zero-order valence-electron chi connectivity index (χ0n) is 13.3. The monoisotopic (exact) mass is 329 g/mol. The number of nitrogens with zero attached hydrogens (tertiary/aromatic N) is 3. The molecule has 6 nitrogen and oxygen atoms in total. The van der Waals surface area contributed by atoms with E-state index in [1.807, 2.05) is 0 Å². The number of nitrogens with one attached hydrogen (secondary N) is 2. The van der Waals surface area contributed by atoms with Crippen LogP contribution in [0.2, 0.25) is 0 Å². The average Bonchev–Trinajstić information content (AvgIpc) is 2.63. The van der Waals surface area contributed by atoms with E-state index in [1.165, 1.54) is 30.7 Å². The Morgan fingerprint density at radius 2 is 1.88 bits per heavy atom. The van der Waals surface area contributed by atoms with Crippen LogP contribution in [-0.2, 0) is 6.54 Å². The van der Waals surface area contributed by atoms with Crippen LogP contribution in [0.3, 0.4) is 0 Å². The number of rotatable bonds is 4. The van der Waals surface area contributed by atoms with Gasteiger partial charge in [-0.25, -0.2) is 19.2 Å². The smallest absolute Gasteiger partial charge is 0.319 e. The molecular formula is C17H20FN5O. The SMILES string of the molecule is O=C(NCc1ccnc(N2CCCCC2)n1)Nc1ccc(F)cc1. The van der Waals surface area contributed by atoms with Gasteiger partial charge in [-0.2, -0.15) is 0 Å². The van der Waals surface area contributed by atoms with E-state index in [9.17, 15) is 9.18 Å². The van der Waals surface area contributed by atoms with Crippen molar-refractivity contribution in [1.29, 1.82) is 0 Å². The minimum absolute atomic E-state index is 0.302. The van der Waals surface area contributed by atoms with Gasteiger partial charge >= 0.3 is 6.03 Å². The maximum atomic E-state index is 12.8. The van der Waals surface area contributed by atoms with E-state index < -0.39 is 0 Å². The molecule has 1 fully saturated rings. The highest BCUT2D eigenvalue weighted by atomic mass is 19.1. The first-order chi connectivity index (χ1) is 11.7. The second-order valence-corrected chi connectivity index (χ2v) is 5.71. The number of carbonyl (C=O) groups excluding carboxylic acids is 1. The summed E-state index contributed by atoms with van der Waals surface area (Å²) in [6, 6.07) is 7.03. The summed E-state index contributed by atoms with van der Waals surface area (Å²) in [6.07, 6.45) is 5.28. The van der Waals surface area contributed by atoms with Crippen molar-refractivity contribution in [2.24, 2.45) is 0 Å². The fourth-order valence-corrected chi connectivity index (χ4v) is 2.61. The normalized spacial score (nSPS) is 14.3. The molecule has 0 atom stereocenters. The minimum Gasteiger partial charge on any atom is -0.341 e. The first-order valence-electron chi connectivity index (χ1n) is 8.08. The summed E-state index contributed by atoms with van der Waals surface area (Å²) in [4.78, 5) is 22.9. The standard InChI is InChI=1S/C17H20FN5O/c18-13-4-6-14(7-5-13)22-17(24)20-12-15-8-9-19-16(21-15)23-10-2-1-3-11-23/h4-9H,1-3,10-12H2,(H2,20,22,24). The summed E-state index contributed by atoms with van der Waals surface area (Å²) in [5.41, 5.74) is 1.28. The van der Waals surface area contributed by atoms with Gasteiger partial charge in [-0.05, 0) is 49.6 Å². The highest BCUT2D eigenvalue weighted by molar-refractivity contribution is 5.89. The van der Waals surface area contributed by atoms with Crippen molar-refractivity contribution in [3.05, 3.63) is 48.0 Å². The van der Waals surface area contributed by atoms with E-state index in [-0.39, 0.29) is 11.8 Å². The molecule has 3 rings (SSSR count). The van der Waals surface area contributed by atoms with Crippen molar-refractivity contribution in [2.75, 3.05) is 23.3 Å². The van der Waals surface area contributed by atoms with E-state index in [1.54, 1.807) is 12.3 Å². The largest absolute Gasteiger partial charge is 0.341 e. The molecule has 0 spiro atoms. The zero-order valence-corrected chi connectivity index (χ0v) is 13.3. The number of halogens is 1. The molecule has 0 aliphatic carbocycles. The van der Waals surface area contributed by atoms with Crippen LogP contribution >= 0.6 is 0 Å². The van der Waals surface area contributed by atoms with Crippen molar-refractivity contribution < 1.29 is 9.18 Å². The van der Waals surface area contributed by atoms with Crippen LogP contribution in [0.4, 0.5) is 20.8 Å². The summed E-state index contributed by atoms with van der Waals surface area (Å²) in [6.45, 7) is 2.25. The number of piperidine rings is 1. The van der Waals surface area contributed by atoms with Crippen LogP contribution < -0.4 is 15.5 Å². The molecule has 2 aromatic rings. The third-order valence-electron chi connectivity index (χ3n) is 3.87. The Morgan fingerprint density at radius 1 is 1.12 bits per heavy atom. The predicted molar refractivity (Wildman–Crippen MR) is 90.4 cm³/mol. The van der Waals surface area contributed by atoms with Crippen LogP contribution in [0, 0.1) is 5.82 Å². The Morgan fingerprint density at radius 3 is 2.62 bits per heavy atom. The molecule has 2 N–H and O–H groups in total. The van der Waals surface area contributed by atoms with Crippen LogP contribution in [0.15, 0.2) is 36.5 Å². The number of carbonyl (C=O) groups is 1. The molecule has 0 bridgehead atoms. The second kappa shape index (κ2) is 7.72. The van der Waals surface area contributed by atoms with Gasteiger partial charge in [-0.3, -0.25) is 0 Å². The predicted octanol–water partition coefficient (Wildman–Crippen LogP) is 2.93. The number of hydrogen-bond acceptors (Lipinski definition) is 4.